The van der Waals surface area contributed by atoms with E-state index in [1.54, 1.807) is 19.1 Å². The van der Waals surface area contributed by atoms with Crippen molar-refractivity contribution in [1.82, 2.24) is 4.90 Å². The molecule has 1 rings (SSSR count). The Balaban J connectivity index is 0.00000277. The molecule has 0 bridgehead atoms. The molecule has 142 valence electrons. The summed E-state index contributed by atoms with van der Waals surface area (Å²) in [5, 5.41) is 0. The number of carbonyl (C=O) groups is 2. The molecule has 0 aliphatic rings. The van der Waals surface area contributed by atoms with Crippen molar-refractivity contribution in [3.05, 3.63) is 35.4 Å². The second-order valence-electron chi connectivity index (χ2n) is 6.63. The van der Waals surface area contributed by atoms with Crippen LogP contribution in [0, 0.1) is 0 Å². The molecule has 0 saturated heterocycles. The number of hydrogen-bond donors (Lipinski definition) is 0. The molecule has 0 heterocycles. The minimum absolute atomic E-state index is 0.242. The summed E-state index contributed by atoms with van der Waals surface area (Å²) in [6, 6.07) is 6.79. The molecule has 5 heteroatoms. The van der Waals surface area contributed by atoms with Crippen molar-refractivity contribution < 1.29 is 19.1 Å². The van der Waals surface area contributed by atoms with Gasteiger partial charge in [-0.1, -0.05) is 26.0 Å². The molecular weight excluding hydrogens is 318 g/mol. The van der Waals surface area contributed by atoms with Crippen molar-refractivity contribution in [2.24, 2.45) is 0 Å². The topological polar surface area (TPSA) is 55.8 Å². The van der Waals surface area contributed by atoms with E-state index in [0.29, 0.717) is 18.6 Å². The van der Waals surface area contributed by atoms with Crippen LogP contribution in [0.5, 0.6) is 0 Å². The number of carbonyl (C=O) groups excluding carboxylic acids is 2. The maximum Gasteiger partial charge on any atom is 0.338 e. The van der Waals surface area contributed by atoms with Gasteiger partial charge in [0.1, 0.15) is 11.6 Å². The Labute approximate surface area is 152 Å². The summed E-state index contributed by atoms with van der Waals surface area (Å²) in [7, 11) is 3.69. The van der Waals surface area contributed by atoms with E-state index in [4.69, 9.17) is 9.47 Å². The van der Waals surface area contributed by atoms with E-state index in [1.807, 2.05) is 65.7 Å². The lowest BCUT2D eigenvalue weighted by molar-refractivity contribution is -0.148. The molecule has 0 N–H and O–H groups in total. The highest BCUT2D eigenvalue weighted by Crippen LogP contribution is 2.14. The van der Waals surface area contributed by atoms with E-state index in [1.165, 1.54) is 0 Å². The third-order valence-electron chi connectivity index (χ3n) is 3.20. The van der Waals surface area contributed by atoms with Crippen LogP contribution in [0.3, 0.4) is 0 Å². The molecule has 1 unspecified atom stereocenters. The van der Waals surface area contributed by atoms with Crippen LogP contribution < -0.4 is 0 Å². The molecule has 0 aliphatic heterocycles. The zero-order chi connectivity index (χ0) is 19.6. The van der Waals surface area contributed by atoms with Gasteiger partial charge in [0, 0.05) is 0 Å². The van der Waals surface area contributed by atoms with Crippen molar-refractivity contribution >= 4 is 11.9 Å². The highest BCUT2D eigenvalue weighted by atomic mass is 16.6. The van der Waals surface area contributed by atoms with Crippen LogP contribution in [-0.2, 0) is 20.7 Å². The summed E-state index contributed by atoms with van der Waals surface area (Å²) in [5.74, 6) is -0.590. The first-order valence-corrected chi connectivity index (χ1v) is 8.79. The fourth-order valence-corrected chi connectivity index (χ4v) is 2.05. The average Bonchev–Trinajstić information content (AvgIpc) is 2.53. The normalized spacial score (nSPS) is 12.0. The summed E-state index contributed by atoms with van der Waals surface area (Å²) in [6.45, 7) is 11.7. The molecular formula is C20H33NO4. The number of nitrogens with zero attached hydrogens (tertiary/aromatic N) is 1. The molecule has 0 saturated carbocycles. The summed E-state index contributed by atoms with van der Waals surface area (Å²) in [6.07, 6.45) is 0.528. The summed E-state index contributed by atoms with van der Waals surface area (Å²) < 4.78 is 10.4. The largest absolute Gasteiger partial charge is 0.465 e. The van der Waals surface area contributed by atoms with Gasteiger partial charge in [-0.15, -0.1) is 0 Å². The van der Waals surface area contributed by atoms with Gasteiger partial charge in [0.25, 0.3) is 0 Å². The molecule has 25 heavy (non-hydrogen) atoms. The zero-order valence-corrected chi connectivity index (χ0v) is 16.9. The number of esters is 2. The van der Waals surface area contributed by atoms with E-state index in [9.17, 15) is 9.59 Å². The van der Waals surface area contributed by atoms with Crippen molar-refractivity contribution in [2.75, 3.05) is 20.7 Å². The third kappa shape index (κ3) is 8.68. The molecule has 0 spiro atoms. The highest BCUT2D eigenvalue weighted by Gasteiger charge is 2.23. The van der Waals surface area contributed by atoms with Gasteiger partial charge in [0.05, 0.1) is 12.2 Å². The lowest BCUT2D eigenvalue weighted by Crippen LogP contribution is -2.39. The monoisotopic (exact) mass is 351 g/mol. The maximum atomic E-state index is 12.0. The first-order chi connectivity index (χ1) is 11.6. The summed E-state index contributed by atoms with van der Waals surface area (Å²) in [4.78, 5) is 25.8. The van der Waals surface area contributed by atoms with Gasteiger partial charge in [-0.05, 0) is 65.9 Å². The van der Waals surface area contributed by atoms with E-state index >= 15 is 0 Å². The van der Waals surface area contributed by atoms with Crippen molar-refractivity contribution in [1.29, 1.82) is 0 Å². The van der Waals surface area contributed by atoms with E-state index in [0.717, 1.165) is 5.56 Å². The molecule has 0 radical (unpaired) electrons. The standard InChI is InChI=1S/C18H27NO4.C2H6/c1-7-22-17(21)15(19(5)6)12-13-8-10-14(11-9-13)16(20)23-18(2,3)4;1-2/h8-11,15H,7,12H2,1-6H3;1-2H3. The zero-order valence-electron chi connectivity index (χ0n) is 16.9. The Morgan fingerprint density at radius 3 is 2.00 bits per heavy atom. The second-order valence-corrected chi connectivity index (χ2v) is 6.63. The van der Waals surface area contributed by atoms with Crippen LogP contribution >= 0.6 is 0 Å². The minimum atomic E-state index is -0.518. The van der Waals surface area contributed by atoms with Crippen LogP contribution in [0.25, 0.3) is 0 Å². The van der Waals surface area contributed by atoms with Crippen molar-refractivity contribution in [3.8, 4) is 0 Å². The summed E-state index contributed by atoms with van der Waals surface area (Å²) >= 11 is 0. The SMILES string of the molecule is CC.CCOC(=O)C(Cc1ccc(C(=O)OC(C)(C)C)cc1)N(C)C. The highest BCUT2D eigenvalue weighted by molar-refractivity contribution is 5.89. The van der Waals surface area contributed by atoms with Crippen LogP contribution in [-0.4, -0.2) is 49.2 Å². The predicted molar refractivity (Wildman–Crippen MR) is 101 cm³/mol. The third-order valence-corrected chi connectivity index (χ3v) is 3.20. The maximum absolute atomic E-state index is 12.0. The van der Waals surface area contributed by atoms with Crippen LogP contribution in [0.15, 0.2) is 24.3 Å². The van der Waals surface area contributed by atoms with E-state index in [2.05, 4.69) is 0 Å². The predicted octanol–water partition coefficient (Wildman–Crippen LogP) is 3.70. The Morgan fingerprint density at radius 1 is 1.08 bits per heavy atom. The molecule has 1 aromatic rings. The molecule has 0 amide bonds. The fraction of sp³-hybridized carbons (Fsp3) is 0.600. The molecule has 1 atom stereocenters. The molecule has 1 aromatic carbocycles. The Hall–Kier alpha value is -1.88. The van der Waals surface area contributed by atoms with Gasteiger partial charge in [0.15, 0.2) is 0 Å². The Kier molecular flexibility index (Phi) is 10.1. The Morgan fingerprint density at radius 2 is 1.60 bits per heavy atom. The van der Waals surface area contributed by atoms with Crippen molar-refractivity contribution in [2.45, 2.75) is 59.6 Å². The van der Waals surface area contributed by atoms with Crippen LogP contribution in [0.2, 0.25) is 0 Å². The summed E-state index contributed by atoms with van der Waals surface area (Å²) in [5.41, 5.74) is 0.945. The molecule has 5 nitrogen and oxygen atoms in total. The van der Waals surface area contributed by atoms with Gasteiger partial charge >= 0.3 is 11.9 Å². The fourth-order valence-electron chi connectivity index (χ4n) is 2.05. The van der Waals surface area contributed by atoms with E-state index < -0.39 is 5.60 Å². The van der Waals surface area contributed by atoms with Gasteiger partial charge in [0.2, 0.25) is 0 Å². The van der Waals surface area contributed by atoms with Gasteiger partial charge in [-0.3, -0.25) is 9.69 Å². The second kappa shape index (κ2) is 10.9. The number of ether oxygens (including phenoxy) is 2. The number of benzene rings is 1. The number of hydrogen-bond acceptors (Lipinski definition) is 5. The smallest absolute Gasteiger partial charge is 0.338 e. The van der Waals surface area contributed by atoms with Gasteiger partial charge in [-0.2, -0.15) is 0 Å². The quantitative estimate of drug-likeness (QED) is 0.732. The molecule has 0 aromatic heterocycles. The van der Waals surface area contributed by atoms with Crippen LogP contribution in [0.4, 0.5) is 0 Å². The first kappa shape index (κ1) is 23.1. The minimum Gasteiger partial charge on any atom is -0.465 e. The lowest BCUT2D eigenvalue weighted by Gasteiger charge is -2.22. The molecule has 0 aliphatic carbocycles. The van der Waals surface area contributed by atoms with Crippen LogP contribution in [0.1, 0.15) is 57.5 Å². The van der Waals surface area contributed by atoms with Crippen molar-refractivity contribution in [3.63, 3.8) is 0 Å². The van der Waals surface area contributed by atoms with Gasteiger partial charge in [-0.25, -0.2) is 4.79 Å². The number of likely N-dealkylation sites (N-methyl/N-ethyl adjacent to an activating group) is 1. The first-order valence-electron chi connectivity index (χ1n) is 8.79. The van der Waals surface area contributed by atoms with E-state index in [-0.39, 0.29) is 18.0 Å². The Bertz CT molecular complexity index is 530. The van der Waals surface area contributed by atoms with Gasteiger partial charge < -0.3 is 9.47 Å². The lowest BCUT2D eigenvalue weighted by atomic mass is 10.0. The average molecular weight is 351 g/mol. The molecule has 0 fully saturated rings. The number of rotatable bonds is 6.